The zero-order chi connectivity index (χ0) is 18.9. The van der Waals surface area contributed by atoms with E-state index in [2.05, 4.69) is 5.32 Å². The van der Waals surface area contributed by atoms with Crippen molar-refractivity contribution in [1.29, 1.82) is 0 Å². The van der Waals surface area contributed by atoms with Gasteiger partial charge in [0.05, 0.1) is 6.54 Å². The summed E-state index contributed by atoms with van der Waals surface area (Å²) in [5.41, 5.74) is 1.57. The van der Waals surface area contributed by atoms with Crippen LogP contribution >= 0.6 is 0 Å². The molecular weight excluding hydrogens is 328 g/mol. The second-order valence-corrected chi connectivity index (χ2v) is 6.34. The molecule has 138 valence electrons. The van der Waals surface area contributed by atoms with Gasteiger partial charge < -0.3 is 15.0 Å². The Morgan fingerprint density at radius 1 is 1.08 bits per heavy atom. The standard InChI is InChI=1S/C21H26N2O3/c1-4-23(14-20(24)22-16(2)3)21(25)18-11-8-12-19(13-18)26-15-17-9-6-5-7-10-17/h5-13,16H,4,14-15H2,1-3H3,(H,22,24). The van der Waals surface area contributed by atoms with Crippen molar-refractivity contribution in [3.05, 3.63) is 65.7 Å². The average Bonchev–Trinajstić information content (AvgIpc) is 2.64. The molecule has 2 aromatic rings. The van der Waals surface area contributed by atoms with Crippen molar-refractivity contribution in [2.24, 2.45) is 0 Å². The molecule has 5 heteroatoms. The van der Waals surface area contributed by atoms with E-state index in [-0.39, 0.29) is 24.4 Å². The SMILES string of the molecule is CCN(CC(=O)NC(C)C)C(=O)c1cccc(OCc2ccccc2)c1. The summed E-state index contributed by atoms with van der Waals surface area (Å²) in [5, 5.41) is 2.81. The van der Waals surface area contributed by atoms with Gasteiger partial charge in [0, 0.05) is 18.2 Å². The maximum absolute atomic E-state index is 12.7. The Balaban J connectivity index is 2.02. The van der Waals surface area contributed by atoms with Gasteiger partial charge in [-0.25, -0.2) is 0 Å². The summed E-state index contributed by atoms with van der Waals surface area (Å²) in [6.45, 7) is 6.58. The number of ether oxygens (including phenoxy) is 1. The zero-order valence-corrected chi connectivity index (χ0v) is 15.6. The van der Waals surface area contributed by atoms with E-state index in [0.29, 0.717) is 24.5 Å². The van der Waals surface area contributed by atoms with Gasteiger partial charge >= 0.3 is 0 Å². The lowest BCUT2D eigenvalue weighted by Crippen LogP contribution is -2.42. The highest BCUT2D eigenvalue weighted by Gasteiger charge is 2.18. The fourth-order valence-corrected chi connectivity index (χ4v) is 2.51. The van der Waals surface area contributed by atoms with Crippen molar-refractivity contribution >= 4 is 11.8 Å². The van der Waals surface area contributed by atoms with Crippen molar-refractivity contribution < 1.29 is 14.3 Å². The minimum Gasteiger partial charge on any atom is -0.489 e. The summed E-state index contributed by atoms with van der Waals surface area (Å²) in [5.74, 6) is 0.283. The molecule has 0 aliphatic rings. The predicted octanol–water partition coefficient (Wildman–Crippen LogP) is 3.25. The molecule has 2 aromatic carbocycles. The van der Waals surface area contributed by atoms with Gasteiger partial charge in [0.2, 0.25) is 5.91 Å². The molecule has 0 atom stereocenters. The maximum atomic E-state index is 12.7. The molecule has 26 heavy (non-hydrogen) atoms. The highest BCUT2D eigenvalue weighted by Crippen LogP contribution is 2.16. The molecule has 0 aliphatic carbocycles. The first-order valence-electron chi connectivity index (χ1n) is 8.85. The van der Waals surface area contributed by atoms with E-state index in [1.54, 1.807) is 18.2 Å². The number of hydrogen-bond acceptors (Lipinski definition) is 3. The van der Waals surface area contributed by atoms with E-state index in [0.717, 1.165) is 5.56 Å². The van der Waals surface area contributed by atoms with Gasteiger partial charge in [0.25, 0.3) is 5.91 Å². The van der Waals surface area contributed by atoms with Crippen molar-refractivity contribution in [1.82, 2.24) is 10.2 Å². The van der Waals surface area contributed by atoms with E-state index in [4.69, 9.17) is 4.74 Å². The van der Waals surface area contributed by atoms with Crippen LogP contribution in [0.5, 0.6) is 5.75 Å². The number of carbonyl (C=O) groups is 2. The van der Waals surface area contributed by atoms with E-state index < -0.39 is 0 Å². The number of rotatable bonds is 8. The smallest absolute Gasteiger partial charge is 0.254 e. The normalized spacial score (nSPS) is 10.5. The minimum absolute atomic E-state index is 0.0443. The number of carbonyl (C=O) groups excluding carboxylic acids is 2. The lowest BCUT2D eigenvalue weighted by molar-refractivity contribution is -0.122. The topological polar surface area (TPSA) is 58.6 Å². The van der Waals surface area contributed by atoms with E-state index in [1.807, 2.05) is 57.2 Å². The lowest BCUT2D eigenvalue weighted by Gasteiger charge is -2.21. The first-order valence-corrected chi connectivity index (χ1v) is 8.85. The van der Waals surface area contributed by atoms with Gasteiger partial charge in [0.15, 0.2) is 0 Å². The van der Waals surface area contributed by atoms with Crippen LogP contribution in [-0.2, 0) is 11.4 Å². The lowest BCUT2D eigenvalue weighted by atomic mass is 10.2. The molecule has 0 fully saturated rings. The molecule has 0 radical (unpaired) electrons. The van der Waals surface area contributed by atoms with Crippen LogP contribution in [0.3, 0.4) is 0 Å². The first-order chi connectivity index (χ1) is 12.5. The molecule has 2 amide bonds. The van der Waals surface area contributed by atoms with Gasteiger partial charge in [-0.05, 0) is 44.5 Å². The van der Waals surface area contributed by atoms with Crippen LogP contribution in [0.25, 0.3) is 0 Å². The van der Waals surface area contributed by atoms with Crippen LogP contribution < -0.4 is 10.1 Å². The molecule has 0 unspecified atom stereocenters. The van der Waals surface area contributed by atoms with E-state index in [9.17, 15) is 9.59 Å². The van der Waals surface area contributed by atoms with Crippen LogP contribution in [0.15, 0.2) is 54.6 Å². The van der Waals surface area contributed by atoms with Gasteiger partial charge in [-0.15, -0.1) is 0 Å². The summed E-state index contributed by atoms with van der Waals surface area (Å²) >= 11 is 0. The zero-order valence-electron chi connectivity index (χ0n) is 15.6. The van der Waals surface area contributed by atoms with E-state index in [1.165, 1.54) is 4.90 Å². The number of amides is 2. The summed E-state index contributed by atoms with van der Waals surface area (Å²) in [4.78, 5) is 26.2. The summed E-state index contributed by atoms with van der Waals surface area (Å²) < 4.78 is 5.78. The molecule has 0 saturated heterocycles. The fraction of sp³-hybridized carbons (Fsp3) is 0.333. The molecule has 5 nitrogen and oxygen atoms in total. The monoisotopic (exact) mass is 354 g/mol. The Morgan fingerprint density at radius 3 is 2.46 bits per heavy atom. The van der Waals surface area contributed by atoms with Crippen LogP contribution in [0, 0.1) is 0 Å². The van der Waals surface area contributed by atoms with Crippen LogP contribution in [0.2, 0.25) is 0 Å². The Morgan fingerprint density at radius 2 is 1.81 bits per heavy atom. The van der Waals surface area contributed by atoms with Gasteiger partial charge in [-0.2, -0.15) is 0 Å². The average molecular weight is 354 g/mol. The van der Waals surface area contributed by atoms with Crippen molar-refractivity contribution in [2.75, 3.05) is 13.1 Å². The third-order valence-corrected chi connectivity index (χ3v) is 3.78. The first kappa shape index (κ1) is 19.5. The van der Waals surface area contributed by atoms with Gasteiger partial charge in [-0.1, -0.05) is 36.4 Å². The van der Waals surface area contributed by atoms with Gasteiger partial charge in [0.1, 0.15) is 12.4 Å². The fourth-order valence-electron chi connectivity index (χ4n) is 2.51. The highest BCUT2D eigenvalue weighted by molar-refractivity contribution is 5.96. The Bertz CT molecular complexity index is 729. The molecular formula is C21H26N2O3. The molecule has 0 spiro atoms. The van der Waals surface area contributed by atoms with Crippen molar-refractivity contribution in [2.45, 2.75) is 33.4 Å². The summed E-state index contributed by atoms with van der Waals surface area (Å²) in [7, 11) is 0. The van der Waals surface area contributed by atoms with Crippen molar-refractivity contribution in [3.8, 4) is 5.75 Å². The molecule has 2 rings (SSSR count). The number of benzene rings is 2. The number of nitrogens with one attached hydrogen (secondary N) is 1. The Kier molecular flexibility index (Phi) is 7.21. The molecule has 1 N–H and O–H groups in total. The van der Waals surface area contributed by atoms with Crippen LogP contribution in [0.4, 0.5) is 0 Å². The second kappa shape index (κ2) is 9.61. The van der Waals surface area contributed by atoms with E-state index >= 15 is 0 Å². The Labute approximate surface area is 155 Å². The molecule has 0 aromatic heterocycles. The quantitative estimate of drug-likeness (QED) is 0.792. The summed E-state index contributed by atoms with van der Waals surface area (Å²) in [6.07, 6.45) is 0. The third kappa shape index (κ3) is 5.92. The molecule has 0 saturated carbocycles. The number of nitrogens with zero attached hydrogens (tertiary/aromatic N) is 1. The third-order valence-electron chi connectivity index (χ3n) is 3.78. The van der Waals surface area contributed by atoms with Gasteiger partial charge in [-0.3, -0.25) is 9.59 Å². The highest BCUT2D eigenvalue weighted by atomic mass is 16.5. The molecule has 0 heterocycles. The summed E-state index contributed by atoms with van der Waals surface area (Å²) in [6, 6.07) is 17.0. The van der Waals surface area contributed by atoms with Crippen LogP contribution in [-0.4, -0.2) is 35.8 Å². The number of likely N-dealkylation sites (N-methyl/N-ethyl adjacent to an activating group) is 1. The maximum Gasteiger partial charge on any atom is 0.254 e. The molecule has 0 aliphatic heterocycles. The largest absolute Gasteiger partial charge is 0.489 e. The number of hydrogen-bond donors (Lipinski definition) is 1. The Hall–Kier alpha value is -2.82. The molecule has 0 bridgehead atoms. The second-order valence-electron chi connectivity index (χ2n) is 6.34. The van der Waals surface area contributed by atoms with Crippen LogP contribution in [0.1, 0.15) is 36.7 Å². The predicted molar refractivity (Wildman–Crippen MR) is 102 cm³/mol. The van der Waals surface area contributed by atoms with Crippen molar-refractivity contribution in [3.63, 3.8) is 0 Å². The minimum atomic E-state index is -0.184.